The third-order valence-electron chi connectivity index (χ3n) is 5.04. The van der Waals surface area contributed by atoms with Gasteiger partial charge in [0.2, 0.25) is 11.8 Å². The van der Waals surface area contributed by atoms with Crippen LogP contribution in [0.1, 0.15) is 44.7 Å². The van der Waals surface area contributed by atoms with Crippen LogP contribution in [0.2, 0.25) is 0 Å². The first-order valence-corrected chi connectivity index (χ1v) is 9.14. The number of carbonyl (C=O) groups excluding carboxylic acids is 4. The summed E-state index contributed by atoms with van der Waals surface area (Å²) in [5.41, 5.74) is 2.45. The summed E-state index contributed by atoms with van der Waals surface area (Å²) in [5.74, 6) is -1.95. The van der Waals surface area contributed by atoms with Gasteiger partial charge in [-0.2, -0.15) is 0 Å². The van der Waals surface area contributed by atoms with E-state index in [0.717, 1.165) is 10.5 Å². The zero-order chi connectivity index (χ0) is 19.7. The highest BCUT2D eigenvalue weighted by molar-refractivity contribution is 6.24. The second kappa shape index (κ2) is 7.36. The minimum atomic E-state index is -0.949. The lowest BCUT2D eigenvalue weighted by Gasteiger charge is -2.27. The number of imide groups is 2. The second-order valence-electron chi connectivity index (χ2n) is 6.88. The number of rotatable bonds is 5. The third-order valence-corrected chi connectivity index (χ3v) is 5.04. The molecule has 2 heterocycles. The average molecular weight is 377 g/mol. The van der Waals surface area contributed by atoms with Crippen LogP contribution >= 0.6 is 0 Å². The fourth-order valence-electron chi connectivity index (χ4n) is 3.67. The summed E-state index contributed by atoms with van der Waals surface area (Å²) in [4.78, 5) is 50.3. The summed E-state index contributed by atoms with van der Waals surface area (Å²) in [5, 5.41) is 5.49. The van der Waals surface area contributed by atoms with Crippen molar-refractivity contribution in [3.8, 4) is 0 Å². The Morgan fingerprint density at radius 3 is 2.46 bits per heavy atom. The molecule has 1 fully saturated rings. The molecule has 2 aliphatic rings. The van der Waals surface area contributed by atoms with Gasteiger partial charge in [0.25, 0.3) is 11.8 Å². The Labute approximate surface area is 161 Å². The summed E-state index contributed by atoms with van der Waals surface area (Å²) in [6.45, 7) is 1.05. The largest absolute Gasteiger partial charge is 0.309 e. The van der Waals surface area contributed by atoms with Crippen LogP contribution in [0.3, 0.4) is 0 Å². The maximum absolute atomic E-state index is 13.0. The van der Waals surface area contributed by atoms with E-state index in [4.69, 9.17) is 0 Å². The van der Waals surface area contributed by atoms with E-state index in [0.29, 0.717) is 29.8 Å². The Hall–Kier alpha value is -3.32. The molecule has 4 amide bonds. The zero-order valence-corrected chi connectivity index (χ0v) is 15.1. The van der Waals surface area contributed by atoms with Crippen molar-refractivity contribution < 1.29 is 19.2 Å². The predicted octanol–water partition coefficient (Wildman–Crippen LogP) is 1.38. The van der Waals surface area contributed by atoms with Gasteiger partial charge in [0.1, 0.15) is 6.04 Å². The van der Waals surface area contributed by atoms with Crippen LogP contribution in [0.15, 0.2) is 48.5 Å². The summed E-state index contributed by atoms with van der Waals surface area (Å²) >= 11 is 0. The van der Waals surface area contributed by atoms with Crippen molar-refractivity contribution in [1.82, 2.24) is 15.5 Å². The standard InChI is InChI=1S/C21H19N3O4/c25-17-10-9-16(19(26)23-17)24-20(27)15-8-4-7-14(18(15)21(24)28)12-22-11-13-5-2-1-3-6-13/h1-8,16,22H,9-12H2,(H,23,25,26). The van der Waals surface area contributed by atoms with Gasteiger partial charge in [-0.1, -0.05) is 42.5 Å². The van der Waals surface area contributed by atoms with E-state index >= 15 is 0 Å². The molecule has 1 unspecified atom stereocenters. The molecule has 2 N–H and O–H groups in total. The van der Waals surface area contributed by atoms with E-state index in [1.807, 2.05) is 30.3 Å². The minimum Gasteiger partial charge on any atom is -0.309 e. The molecule has 1 atom stereocenters. The lowest BCUT2D eigenvalue weighted by molar-refractivity contribution is -0.136. The molecule has 7 nitrogen and oxygen atoms in total. The van der Waals surface area contributed by atoms with Crippen LogP contribution in [0, 0.1) is 0 Å². The van der Waals surface area contributed by atoms with E-state index in [-0.39, 0.29) is 18.7 Å². The Kier molecular flexibility index (Phi) is 4.75. The molecular weight excluding hydrogens is 358 g/mol. The molecule has 0 aromatic heterocycles. The summed E-state index contributed by atoms with van der Waals surface area (Å²) in [6.07, 6.45) is 0.257. The van der Waals surface area contributed by atoms with Crippen molar-refractivity contribution in [3.63, 3.8) is 0 Å². The Bertz CT molecular complexity index is 971. The van der Waals surface area contributed by atoms with Crippen LogP contribution in [-0.4, -0.2) is 34.6 Å². The topological polar surface area (TPSA) is 95.6 Å². The molecule has 0 bridgehead atoms. The van der Waals surface area contributed by atoms with Crippen LogP contribution in [0.5, 0.6) is 0 Å². The molecule has 28 heavy (non-hydrogen) atoms. The van der Waals surface area contributed by atoms with Crippen molar-refractivity contribution in [2.75, 3.05) is 0 Å². The number of benzene rings is 2. The first kappa shape index (κ1) is 18.1. The van der Waals surface area contributed by atoms with E-state index in [9.17, 15) is 19.2 Å². The maximum atomic E-state index is 13.0. The molecule has 0 aliphatic carbocycles. The maximum Gasteiger partial charge on any atom is 0.262 e. The normalized spacial score (nSPS) is 19.0. The highest BCUT2D eigenvalue weighted by atomic mass is 16.2. The molecular formula is C21H19N3O4. The Morgan fingerprint density at radius 1 is 0.929 bits per heavy atom. The van der Waals surface area contributed by atoms with Gasteiger partial charge in [-0.3, -0.25) is 29.4 Å². The molecule has 0 saturated carbocycles. The number of nitrogens with one attached hydrogen (secondary N) is 2. The van der Waals surface area contributed by atoms with Gasteiger partial charge in [-0.15, -0.1) is 0 Å². The average Bonchev–Trinajstić information content (AvgIpc) is 2.94. The Morgan fingerprint density at radius 2 is 1.71 bits per heavy atom. The molecule has 0 spiro atoms. The Balaban J connectivity index is 1.54. The first-order valence-electron chi connectivity index (χ1n) is 9.14. The summed E-state index contributed by atoms with van der Waals surface area (Å²) in [6, 6.07) is 14.0. The first-order chi connectivity index (χ1) is 13.6. The molecule has 0 radical (unpaired) electrons. The predicted molar refractivity (Wildman–Crippen MR) is 100 cm³/mol. The molecule has 7 heteroatoms. The van der Waals surface area contributed by atoms with Crippen LogP contribution in [0.25, 0.3) is 0 Å². The van der Waals surface area contributed by atoms with Crippen molar-refractivity contribution >= 4 is 23.6 Å². The SMILES string of the molecule is O=C1CCC(N2C(=O)c3cccc(CNCc4ccccc4)c3C2=O)C(=O)N1. The van der Waals surface area contributed by atoms with Gasteiger partial charge < -0.3 is 5.32 Å². The number of fused-ring (bicyclic) bond motifs is 1. The zero-order valence-electron chi connectivity index (χ0n) is 15.1. The highest BCUT2D eigenvalue weighted by Gasteiger charge is 2.45. The van der Waals surface area contributed by atoms with Gasteiger partial charge >= 0.3 is 0 Å². The fraction of sp³-hybridized carbons (Fsp3) is 0.238. The van der Waals surface area contributed by atoms with Crippen molar-refractivity contribution in [2.24, 2.45) is 0 Å². The quantitative estimate of drug-likeness (QED) is 0.768. The van der Waals surface area contributed by atoms with Crippen molar-refractivity contribution in [2.45, 2.75) is 32.0 Å². The van der Waals surface area contributed by atoms with Gasteiger partial charge in [0.05, 0.1) is 11.1 Å². The van der Waals surface area contributed by atoms with E-state index in [1.165, 1.54) is 0 Å². The minimum absolute atomic E-state index is 0.106. The molecule has 142 valence electrons. The van der Waals surface area contributed by atoms with Gasteiger partial charge in [-0.25, -0.2) is 0 Å². The molecule has 2 aromatic rings. The lowest BCUT2D eigenvalue weighted by Crippen LogP contribution is -2.54. The van der Waals surface area contributed by atoms with Crippen molar-refractivity contribution in [1.29, 1.82) is 0 Å². The second-order valence-corrected chi connectivity index (χ2v) is 6.88. The molecule has 2 aliphatic heterocycles. The highest BCUT2D eigenvalue weighted by Crippen LogP contribution is 2.29. The number of piperidine rings is 1. The van der Waals surface area contributed by atoms with E-state index in [2.05, 4.69) is 10.6 Å². The monoisotopic (exact) mass is 377 g/mol. The number of hydrogen-bond donors (Lipinski definition) is 2. The van der Waals surface area contributed by atoms with E-state index in [1.54, 1.807) is 18.2 Å². The van der Waals surface area contributed by atoms with Crippen LogP contribution < -0.4 is 10.6 Å². The number of amides is 4. The number of hydrogen-bond acceptors (Lipinski definition) is 5. The van der Waals surface area contributed by atoms with Crippen molar-refractivity contribution in [3.05, 3.63) is 70.8 Å². The summed E-state index contributed by atoms with van der Waals surface area (Å²) in [7, 11) is 0. The summed E-state index contributed by atoms with van der Waals surface area (Å²) < 4.78 is 0. The van der Waals surface area contributed by atoms with Crippen LogP contribution in [0.4, 0.5) is 0 Å². The molecule has 1 saturated heterocycles. The fourth-order valence-corrected chi connectivity index (χ4v) is 3.67. The lowest BCUT2D eigenvalue weighted by atomic mass is 10.0. The molecule has 4 rings (SSSR count). The van der Waals surface area contributed by atoms with Gasteiger partial charge in [0, 0.05) is 19.5 Å². The van der Waals surface area contributed by atoms with Gasteiger partial charge in [-0.05, 0) is 23.6 Å². The van der Waals surface area contributed by atoms with Crippen LogP contribution in [-0.2, 0) is 22.7 Å². The number of nitrogens with zero attached hydrogens (tertiary/aromatic N) is 1. The molecule has 2 aromatic carbocycles. The third kappa shape index (κ3) is 3.20. The smallest absolute Gasteiger partial charge is 0.262 e. The van der Waals surface area contributed by atoms with E-state index < -0.39 is 23.8 Å². The number of carbonyl (C=O) groups is 4. The van der Waals surface area contributed by atoms with Gasteiger partial charge in [0.15, 0.2) is 0 Å².